The van der Waals surface area contributed by atoms with Crippen molar-refractivity contribution in [3.63, 3.8) is 0 Å². The van der Waals surface area contributed by atoms with Crippen molar-refractivity contribution in [2.24, 2.45) is 0 Å². The van der Waals surface area contributed by atoms with E-state index in [2.05, 4.69) is 15.9 Å². The molecule has 0 spiro atoms. The number of hydrogen-bond donors (Lipinski definition) is 3. The van der Waals surface area contributed by atoms with Gasteiger partial charge in [0.2, 0.25) is 0 Å². The van der Waals surface area contributed by atoms with Crippen LogP contribution in [0.2, 0.25) is 0 Å². The molecule has 17 heavy (non-hydrogen) atoms. The molecule has 2 aromatic carbocycles. The average molecular weight is 294 g/mol. The minimum Gasteiger partial charge on any atom is -0.508 e. The molecular formula is C13H12BrNO2. The highest BCUT2D eigenvalue weighted by Gasteiger charge is 2.14. The molecule has 1 unspecified atom stereocenters. The lowest BCUT2D eigenvalue weighted by atomic mass is 10.00. The number of phenols is 1. The number of para-hydroxylation sites is 1. The fourth-order valence-corrected chi connectivity index (χ4v) is 2.05. The lowest BCUT2D eigenvalue weighted by Gasteiger charge is -2.14. The number of benzene rings is 2. The van der Waals surface area contributed by atoms with E-state index in [-0.39, 0.29) is 5.75 Å². The Morgan fingerprint density at radius 1 is 1.12 bits per heavy atom. The smallest absolute Gasteiger partial charge is 0.115 e. The minimum absolute atomic E-state index is 0.120. The van der Waals surface area contributed by atoms with Crippen LogP contribution in [0.25, 0.3) is 0 Å². The Kier molecular flexibility index (Phi) is 3.36. The molecule has 0 amide bonds. The lowest BCUT2D eigenvalue weighted by Crippen LogP contribution is -2.04. The van der Waals surface area contributed by atoms with Gasteiger partial charge in [0.25, 0.3) is 0 Å². The first-order valence-corrected chi connectivity index (χ1v) is 5.90. The summed E-state index contributed by atoms with van der Waals surface area (Å²) < 4.78 is 0.745. The van der Waals surface area contributed by atoms with Gasteiger partial charge in [-0.3, -0.25) is 0 Å². The highest BCUT2D eigenvalue weighted by atomic mass is 79.9. The van der Waals surface area contributed by atoms with Gasteiger partial charge in [-0.05, 0) is 39.7 Å². The van der Waals surface area contributed by atoms with E-state index in [0.29, 0.717) is 16.8 Å². The van der Waals surface area contributed by atoms with Crippen molar-refractivity contribution in [1.82, 2.24) is 0 Å². The summed E-state index contributed by atoms with van der Waals surface area (Å²) in [5, 5.41) is 19.6. The average Bonchev–Trinajstić information content (AvgIpc) is 2.32. The summed E-state index contributed by atoms with van der Waals surface area (Å²) in [4.78, 5) is 0. The maximum Gasteiger partial charge on any atom is 0.115 e. The van der Waals surface area contributed by atoms with E-state index < -0.39 is 6.10 Å². The van der Waals surface area contributed by atoms with Crippen LogP contribution in [-0.4, -0.2) is 10.2 Å². The quantitative estimate of drug-likeness (QED) is 0.746. The van der Waals surface area contributed by atoms with Gasteiger partial charge < -0.3 is 15.9 Å². The van der Waals surface area contributed by atoms with E-state index >= 15 is 0 Å². The van der Waals surface area contributed by atoms with Gasteiger partial charge in [-0.25, -0.2) is 0 Å². The standard InChI is InChI=1S/C13H12BrNO2/c14-11-6-2-5-10(12(11)15)13(17)8-3-1-4-9(16)7-8/h1-7,13,16-17H,15H2. The normalized spacial score (nSPS) is 12.4. The largest absolute Gasteiger partial charge is 0.508 e. The second kappa shape index (κ2) is 4.77. The Morgan fingerprint density at radius 3 is 2.53 bits per heavy atom. The fourth-order valence-electron chi connectivity index (χ4n) is 1.67. The third-order valence-electron chi connectivity index (χ3n) is 2.57. The third kappa shape index (κ3) is 2.43. The summed E-state index contributed by atoms with van der Waals surface area (Å²) >= 11 is 3.32. The van der Waals surface area contributed by atoms with Crippen molar-refractivity contribution < 1.29 is 10.2 Å². The number of rotatable bonds is 2. The summed E-state index contributed by atoms with van der Waals surface area (Å²) in [5.74, 6) is 0.120. The molecule has 2 aromatic rings. The Bertz CT molecular complexity index is 543. The second-order valence-electron chi connectivity index (χ2n) is 3.74. The van der Waals surface area contributed by atoms with E-state index in [1.807, 2.05) is 12.1 Å². The number of anilines is 1. The number of halogens is 1. The van der Waals surface area contributed by atoms with Crippen molar-refractivity contribution in [3.8, 4) is 5.75 Å². The van der Waals surface area contributed by atoms with Gasteiger partial charge in [0.05, 0.1) is 5.69 Å². The number of hydrogen-bond acceptors (Lipinski definition) is 3. The summed E-state index contributed by atoms with van der Waals surface area (Å²) in [6, 6.07) is 11.9. The highest BCUT2D eigenvalue weighted by Crippen LogP contribution is 2.32. The zero-order chi connectivity index (χ0) is 12.4. The van der Waals surface area contributed by atoms with E-state index in [1.54, 1.807) is 24.3 Å². The van der Waals surface area contributed by atoms with Crippen LogP contribution in [0.5, 0.6) is 5.75 Å². The highest BCUT2D eigenvalue weighted by molar-refractivity contribution is 9.10. The molecule has 0 aromatic heterocycles. The Labute approximate surface area is 108 Å². The molecule has 1 atom stereocenters. The number of aromatic hydroxyl groups is 1. The van der Waals surface area contributed by atoms with Gasteiger partial charge in [0, 0.05) is 10.0 Å². The summed E-state index contributed by atoms with van der Waals surface area (Å²) in [7, 11) is 0. The van der Waals surface area contributed by atoms with Crippen LogP contribution < -0.4 is 5.73 Å². The number of nitrogens with two attached hydrogens (primary N) is 1. The number of aliphatic hydroxyl groups is 1. The molecule has 0 bridgehead atoms. The predicted molar refractivity (Wildman–Crippen MR) is 70.7 cm³/mol. The lowest BCUT2D eigenvalue weighted by molar-refractivity contribution is 0.220. The van der Waals surface area contributed by atoms with E-state index in [0.717, 1.165) is 4.47 Å². The minimum atomic E-state index is -0.848. The molecule has 0 aliphatic carbocycles. The zero-order valence-electron chi connectivity index (χ0n) is 8.97. The molecule has 0 fully saturated rings. The van der Waals surface area contributed by atoms with Gasteiger partial charge in [0.1, 0.15) is 11.9 Å². The Balaban J connectivity index is 2.44. The summed E-state index contributed by atoms with van der Waals surface area (Å²) in [6.45, 7) is 0. The molecular weight excluding hydrogens is 282 g/mol. The van der Waals surface area contributed by atoms with Gasteiger partial charge in [-0.15, -0.1) is 0 Å². The van der Waals surface area contributed by atoms with Crippen molar-refractivity contribution >= 4 is 21.6 Å². The van der Waals surface area contributed by atoms with Crippen LogP contribution in [0.15, 0.2) is 46.9 Å². The van der Waals surface area contributed by atoms with Crippen molar-refractivity contribution in [3.05, 3.63) is 58.1 Å². The van der Waals surface area contributed by atoms with Gasteiger partial charge in [-0.1, -0.05) is 24.3 Å². The first kappa shape index (κ1) is 12.0. The van der Waals surface area contributed by atoms with Gasteiger partial charge in [0.15, 0.2) is 0 Å². The topological polar surface area (TPSA) is 66.5 Å². The molecule has 0 heterocycles. The zero-order valence-corrected chi connectivity index (χ0v) is 10.6. The molecule has 0 saturated heterocycles. The van der Waals surface area contributed by atoms with E-state index in [9.17, 15) is 10.2 Å². The van der Waals surface area contributed by atoms with E-state index in [1.165, 1.54) is 6.07 Å². The van der Waals surface area contributed by atoms with Crippen LogP contribution in [0.3, 0.4) is 0 Å². The molecule has 0 saturated carbocycles. The van der Waals surface area contributed by atoms with Crippen LogP contribution in [0, 0.1) is 0 Å². The summed E-state index contributed by atoms with van der Waals surface area (Å²) in [5.41, 5.74) is 7.61. The number of aliphatic hydroxyl groups excluding tert-OH is 1. The molecule has 0 aliphatic rings. The van der Waals surface area contributed by atoms with Crippen molar-refractivity contribution in [1.29, 1.82) is 0 Å². The first-order valence-electron chi connectivity index (χ1n) is 5.10. The molecule has 3 nitrogen and oxygen atoms in total. The number of phenolic OH excluding ortho intramolecular Hbond substituents is 1. The van der Waals surface area contributed by atoms with Crippen molar-refractivity contribution in [2.75, 3.05) is 5.73 Å². The summed E-state index contributed by atoms with van der Waals surface area (Å²) in [6.07, 6.45) is -0.848. The van der Waals surface area contributed by atoms with Crippen LogP contribution in [0.1, 0.15) is 17.2 Å². The van der Waals surface area contributed by atoms with Crippen LogP contribution >= 0.6 is 15.9 Å². The van der Waals surface area contributed by atoms with Crippen LogP contribution in [0.4, 0.5) is 5.69 Å². The predicted octanol–water partition coefficient (Wildman–Crippen LogP) is 2.82. The molecule has 4 heteroatoms. The first-order chi connectivity index (χ1) is 8.09. The number of nitrogen functional groups attached to an aromatic ring is 1. The maximum absolute atomic E-state index is 10.2. The second-order valence-corrected chi connectivity index (χ2v) is 4.59. The van der Waals surface area contributed by atoms with Gasteiger partial charge in [-0.2, -0.15) is 0 Å². The Morgan fingerprint density at radius 2 is 1.82 bits per heavy atom. The molecule has 0 aliphatic heterocycles. The SMILES string of the molecule is Nc1c(Br)cccc1C(O)c1cccc(O)c1. The Hall–Kier alpha value is -1.52. The fraction of sp³-hybridized carbons (Fsp3) is 0.0769. The van der Waals surface area contributed by atoms with Crippen molar-refractivity contribution in [2.45, 2.75) is 6.10 Å². The maximum atomic E-state index is 10.2. The molecule has 2 rings (SSSR count). The van der Waals surface area contributed by atoms with Crippen LogP contribution in [-0.2, 0) is 0 Å². The third-order valence-corrected chi connectivity index (χ3v) is 3.26. The van der Waals surface area contributed by atoms with Gasteiger partial charge >= 0.3 is 0 Å². The monoisotopic (exact) mass is 293 g/mol. The molecule has 0 radical (unpaired) electrons. The molecule has 88 valence electrons. The molecule has 4 N–H and O–H groups in total. The van der Waals surface area contributed by atoms with E-state index in [4.69, 9.17) is 5.73 Å².